The molecule has 0 aliphatic heterocycles. The first-order valence-corrected chi connectivity index (χ1v) is 8.92. The van der Waals surface area contributed by atoms with Gasteiger partial charge in [-0.3, -0.25) is 0 Å². The molecule has 3 rings (SSSR count). The molecule has 0 aromatic heterocycles. The molecule has 0 N–H and O–H groups in total. The van der Waals surface area contributed by atoms with E-state index in [1.165, 1.54) is 12.1 Å². The molecule has 0 radical (unpaired) electrons. The van der Waals surface area contributed by atoms with Gasteiger partial charge >= 0.3 is 0 Å². The van der Waals surface area contributed by atoms with Crippen LogP contribution in [0.1, 0.15) is 30.5 Å². The Morgan fingerprint density at radius 3 is 1.52 bits per heavy atom. The summed E-state index contributed by atoms with van der Waals surface area (Å²) in [6.45, 7) is 6.09. The molecule has 152 valence electrons. The lowest BCUT2D eigenvalue weighted by Crippen LogP contribution is -2.18. The lowest BCUT2D eigenvalue weighted by atomic mass is 9.78. The van der Waals surface area contributed by atoms with Gasteiger partial charge < -0.3 is 9.47 Å². The number of hydrogen-bond acceptors (Lipinski definition) is 2. The SMILES string of the molecule is COc1c(F)c(F)c(Oc2ccc(C(C)(C)c3ccc(C)cc3)cc2)c(F)c1F. The van der Waals surface area contributed by atoms with Crippen LogP contribution >= 0.6 is 0 Å². The van der Waals surface area contributed by atoms with Gasteiger partial charge in [-0.15, -0.1) is 0 Å². The molecule has 3 aromatic rings. The summed E-state index contributed by atoms with van der Waals surface area (Å²) in [6, 6.07) is 14.6. The van der Waals surface area contributed by atoms with E-state index in [4.69, 9.17) is 4.74 Å². The third-order valence-corrected chi connectivity index (χ3v) is 4.96. The fourth-order valence-electron chi connectivity index (χ4n) is 3.05. The number of methoxy groups -OCH3 is 1. The molecular weight excluding hydrogens is 384 g/mol. The molecule has 6 heteroatoms. The summed E-state index contributed by atoms with van der Waals surface area (Å²) in [5.74, 6) is -8.89. The Kier molecular flexibility index (Phi) is 5.55. The zero-order chi connectivity index (χ0) is 21.3. The van der Waals surface area contributed by atoms with Crippen molar-refractivity contribution in [2.75, 3.05) is 7.11 Å². The molecule has 0 bridgehead atoms. The fourth-order valence-corrected chi connectivity index (χ4v) is 3.05. The molecule has 0 spiro atoms. The van der Waals surface area contributed by atoms with Crippen molar-refractivity contribution >= 4 is 0 Å². The van der Waals surface area contributed by atoms with E-state index in [9.17, 15) is 17.6 Å². The molecule has 0 atom stereocenters. The van der Waals surface area contributed by atoms with Crippen molar-refractivity contribution in [2.45, 2.75) is 26.2 Å². The van der Waals surface area contributed by atoms with Gasteiger partial charge in [-0.1, -0.05) is 55.8 Å². The maximum absolute atomic E-state index is 14.1. The minimum atomic E-state index is -1.66. The van der Waals surface area contributed by atoms with E-state index in [0.29, 0.717) is 0 Å². The molecule has 0 amide bonds. The van der Waals surface area contributed by atoms with E-state index >= 15 is 0 Å². The number of rotatable bonds is 5. The lowest BCUT2D eigenvalue weighted by Gasteiger charge is -2.26. The van der Waals surface area contributed by atoms with Gasteiger partial charge in [0.2, 0.25) is 29.0 Å². The van der Waals surface area contributed by atoms with E-state index < -0.39 is 34.8 Å². The van der Waals surface area contributed by atoms with E-state index in [1.807, 2.05) is 45.0 Å². The Labute approximate surface area is 166 Å². The molecule has 0 unspecified atom stereocenters. The smallest absolute Gasteiger partial charge is 0.208 e. The summed E-state index contributed by atoms with van der Waals surface area (Å²) in [7, 11) is 0.912. The van der Waals surface area contributed by atoms with Crippen molar-refractivity contribution in [3.05, 3.63) is 88.5 Å². The molecule has 0 fully saturated rings. The Bertz CT molecular complexity index is 997. The van der Waals surface area contributed by atoms with Crippen LogP contribution in [-0.2, 0) is 5.41 Å². The topological polar surface area (TPSA) is 18.5 Å². The number of benzene rings is 3. The quantitative estimate of drug-likeness (QED) is 0.349. The average molecular weight is 404 g/mol. The summed E-state index contributed by atoms with van der Waals surface area (Å²) in [6.07, 6.45) is 0. The fraction of sp³-hybridized carbons (Fsp3) is 0.217. The number of hydrogen-bond donors (Lipinski definition) is 0. The Morgan fingerprint density at radius 2 is 1.07 bits per heavy atom. The van der Waals surface area contributed by atoms with Gasteiger partial charge in [0.15, 0.2) is 5.75 Å². The minimum absolute atomic E-state index is 0.0372. The van der Waals surface area contributed by atoms with Gasteiger partial charge in [0.25, 0.3) is 0 Å². The second-order valence-electron chi connectivity index (χ2n) is 7.24. The van der Waals surface area contributed by atoms with E-state index in [2.05, 4.69) is 4.74 Å². The Morgan fingerprint density at radius 1 is 0.655 bits per heavy atom. The van der Waals surface area contributed by atoms with Gasteiger partial charge in [0.05, 0.1) is 7.11 Å². The van der Waals surface area contributed by atoms with Crippen molar-refractivity contribution in [3.8, 4) is 17.2 Å². The van der Waals surface area contributed by atoms with E-state index in [1.54, 1.807) is 12.1 Å². The molecule has 0 aliphatic carbocycles. The summed E-state index contributed by atoms with van der Waals surface area (Å²) < 4.78 is 65.4. The van der Waals surface area contributed by atoms with E-state index in [0.717, 1.165) is 23.8 Å². The highest BCUT2D eigenvalue weighted by Crippen LogP contribution is 2.38. The predicted molar refractivity (Wildman–Crippen MR) is 103 cm³/mol. The highest BCUT2D eigenvalue weighted by Gasteiger charge is 2.28. The zero-order valence-electron chi connectivity index (χ0n) is 16.4. The van der Waals surface area contributed by atoms with Gasteiger partial charge in [-0.05, 0) is 30.2 Å². The van der Waals surface area contributed by atoms with Crippen LogP contribution in [0.3, 0.4) is 0 Å². The number of aryl methyl sites for hydroxylation is 1. The predicted octanol–water partition coefficient (Wildman–Crippen LogP) is 6.68. The first kappa shape index (κ1) is 20.7. The molecule has 2 nitrogen and oxygen atoms in total. The van der Waals surface area contributed by atoms with Crippen LogP contribution in [0, 0.1) is 30.2 Å². The molecule has 0 saturated carbocycles. The molecule has 29 heavy (non-hydrogen) atoms. The van der Waals surface area contributed by atoms with Crippen LogP contribution in [0.4, 0.5) is 17.6 Å². The molecular formula is C23H20F4O2. The van der Waals surface area contributed by atoms with Crippen LogP contribution in [0.25, 0.3) is 0 Å². The molecule has 0 saturated heterocycles. The van der Waals surface area contributed by atoms with Gasteiger partial charge in [-0.2, -0.15) is 17.6 Å². The van der Waals surface area contributed by atoms with Crippen molar-refractivity contribution in [1.82, 2.24) is 0 Å². The lowest BCUT2D eigenvalue weighted by molar-refractivity contribution is 0.311. The average Bonchev–Trinajstić information content (AvgIpc) is 2.71. The monoisotopic (exact) mass is 404 g/mol. The molecule has 0 aliphatic rings. The first-order chi connectivity index (χ1) is 13.7. The third-order valence-electron chi connectivity index (χ3n) is 4.96. The molecule has 3 aromatic carbocycles. The third kappa shape index (κ3) is 3.79. The van der Waals surface area contributed by atoms with Crippen LogP contribution in [0.15, 0.2) is 48.5 Å². The minimum Gasteiger partial charge on any atom is -0.491 e. The molecule has 0 heterocycles. The maximum atomic E-state index is 14.1. The number of ether oxygens (including phenoxy) is 2. The van der Waals surface area contributed by atoms with Gasteiger partial charge in [0.1, 0.15) is 5.75 Å². The first-order valence-electron chi connectivity index (χ1n) is 8.92. The highest BCUT2D eigenvalue weighted by molar-refractivity contribution is 5.44. The van der Waals surface area contributed by atoms with Crippen LogP contribution in [-0.4, -0.2) is 7.11 Å². The van der Waals surface area contributed by atoms with Crippen molar-refractivity contribution in [1.29, 1.82) is 0 Å². The van der Waals surface area contributed by atoms with Crippen molar-refractivity contribution < 1.29 is 27.0 Å². The van der Waals surface area contributed by atoms with Crippen molar-refractivity contribution in [3.63, 3.8) is 0 Å². The summed E-state index contributed by atoms with van der Waals surface area (Å²) in [5, 5.41) is 0. The highest BCUT2D eigenvalue weighted by atomic mass is 19.2. The normalized spacial score (nSPS) is 11.4. The summed E-state index contributed by atoms with van der Waals surface area (Å²) in [5.41, 5.74) is 2.84. The van der Waals surface area contributed by atoms with Crippen molar-refractivity contribution in [2.24, 2.45) is 0 Å². The zero-order valence-corrected chi connectivity index (χ0v) is 16.4. The van der Waals surface area contributed by atoms with Gasteiger partial charge in [-0.25, -0.2) is 0 Å². The van der Waals surface area contributed by atoms with Crippen LogP contribution < -0.4 is 9.47 Å². The van der Waals surface area contributed by atoms with Gasteiger partial charge in [0, 0.05) is 5.41 Å². The second-order valence-corrected chi connectivity index (χ2v) is 7.24. The van der Waals surface area contributed by atoms with E-state index in [-0.39, 0.29) is 11.2 Å². The number of halogens is 4. The van der Waals surface area contributed by atoms with Crippen LogP contribution in [0.2, 0.25) is 0 Å². The maximum Gasteiger partial charge on any atom is 0.208 e. The Balaban J connectivity index is 1.91. The summed E-state index contributed by atoms with van der Waals surface area (Å²) >= 11 is 0. The largest absolute Gasteiger partial charge is 0.491 e. The Hall–Kier alpha value is -3.02. The van der Waals surface area contributed by atoms with Crippen LogP contribution in [0.5, 0.6) is 17.2 Å². The standard InChI is InChI=1S/C23H20F4O2/c1-13-5-7-14(8-6-13)23(2,3)15-9-11-16(12-10-15)29-22-19(26)17(24)21(28-4)18(25)20(22)27/h5-12H,1-4H3. The second kappa shape index (κ2) is 7.78. The summed E-state index contributed by atoms with van der Waals surface area (Å²) in [4.78, 5) is 0.